The van der Waals surface area contributed by atoms with Crippen molar-refractivity contribution in [2.24, 2.45) is 10.7 Å². The van der Waals surface area contributed by atoms with Crippen LogP contribution in [0, 0.1) is 5.82 Å². The van der Waals surface area contributed by atoms with Gasteiger partial charge in [0.2, 0.25) is 0 Å². The Bertz CT molecular complexity index is 1560. The summed E-state index contributed by atoms with van der Waals surface area (Å²) in [7, 11) is 2.83. The molecule has 0 saturated carbocycles. The van der Waals surface area contributed by atoms with E-state index in [1.54, 1.807) is 30.0 Å². The highest BCUT2D eigenvalue weighted by Crippen LogP contribution is 2.32. The molecule has 0 bridgehead atoms. The number of methoxy groups -OCH3 is 1. The minimum atomic E-state index is -2.91. The van der Waals surface area contributed by atoms with Crippen molar-refractivity contribution in [3.63, 3.8) is 0 Å². The molecule has 0 fully saturated rings. The van der Waals surface area contributed by atoms with Crippen molar-refractivity contribution in [2.45, 2.75) is 17.4 Å². The number of guanidine groups is 1. The average Bonchev–Trinajstić information content (AvgIpc) is 3.47. The maximum atomic E-state index is 15.3. The Labute approximate surface area is 244 Å². The molecular weight excluding hydrogens is 577 g/mol. The summed E-state index contributed by atoms with van der Waals surface area (Å²) < 4.78 is 48.7. The highest BCUT2D eigenvalue weighted by molar-refractivity contribution is 7.98. The van der Waals surface area contributed by atoms with Gasteiger partial charge in [-0.2, -0.15) is 5.10 Å². The van der Waals surface area contributed by atoms with Gasteiger partial charge >= 0.3 is 0 Å². The van der Waals surface area contributed by atoms with Gasteiger partial charge < -0.3 is 10.5 Å². The molecular formula is C28H26ClF3N6O2S. The highest BCUT2D eigenvalue weighted by Gasteiger charge is 2.31. The third-order valence-electron chi connectivity index (χ3n) is 6.30. The number of thioether (sulfide) groups is 1. The minimum absolute atomic E-state index is 0.0186. The summed E-state index contributed by atoms with van der Waals surface area (Å²) in [6.07, 6.45) is 0.0304. The summed E-state index contributed by atoms with van der Waals surface area (Å²) in [5.74, 6) is -2.01. The SMILES string of the molecule is CN=C(N)N(C(=O)c1ccc(-c2ccc(SC)cc2)c(F)c1)C(COC)c1ccc(Cl)c(-n2ncnc2C(F)F)c1. The monoisotopic (exact) mass is 602 g/mol. The minimum Gasteiger partial charge on any atom is -0.382 e. The molecule has 0 aliphatic carbocycles. The summed E-state index contributed by atoms with van der Waals surface area (Å²) in [6, 6.07) is 15.2. The first kappa shape index (κ1) is 30.1. The topological polar surface area (TPSA) is 98.6 Å². The largest absolute Gasteiger partial charge is 0.382 e. The first-order chi connectivity index (χ1) is 19.7. The van der Waals surface area contributed by atoms with Crippen molar-refractivity contribution < 1.29 is 22.7 Å². The third kappa shape index (κ3) is 6.39. The predicted octanol–water partition coefficient (Wildman–Crippen LogP) is 6.16. The van der Waals surface area contributed by atoms with E-state index in [4.69, 9.17) is 22.1 Å². The first-order valence-electron chi connectivity index (χ1n) is 12.2. The van der Waals surface area contributed by atoms with E-state index in [0.717, 1.165) is 26.9 Å². The van der Waals surface area contributed by atoms with E-state index in [-0.39, 0.29) is 28.8 Å². The molecule has 0 radical (unpaired) electrons. The van der Waals surface area contributed by atoms with Crippen molar-refractivity contribution in [3.8, 4) is 16.8 Å². The maximum absolute atomic E-state index is 15.3. The van der Waals surface area contributed by atoms with Crippen LogP contribution in [0.1, 0.15) is 34.2 Å². The molecule has 0 aliphatic rings. The van der Waals surface area contributed by atoms with Gasteiger partial charge in [-0.3, -0.25) is 14.7 Å². The number of nitrogens with zero attached hydrogens (tertiary/aromatic N) is 5. The standard InChI is InChI=1S/C28H26ClF3N6O2S/c1-34-28(33)37(27(39)18-6-10-20(22(30)12-18)16-4-8-19(41-3)9-5-16)24(14-40-2)17-7-11-21(29)23(13-17)38-26(25(31)32)35-15-36-38/h4-13,15,24-25H,14H2,1-3H3,(H2,33,34). The summed E-state index contributed by atoms with van der Waals surface area (Å²) >= 11 is 7.91. The van der Waals surface area contributed by atoms with Crippen LogP contribution >= 0.6 is 23.4 Å². The molecule has 1 heterocycles. The predicted molar refractivity (Wildman–Crippen MR) is 153 cm³/mol. The molecule has 1 amide bonds. The normalized spacial score (nSPS) is 12.5. The lowest BCUT2D eigenvalue weighted by atomic mass is 10.0. The number of halogens is 4. The first-order valence-corrected chi connectivity index (χ1v) is 13.8. The Balaban J connectivity index is 1.75. The molecule has 0 spiro atoms. The summed E-state index contributed by atoms with van der Waals surface area (Å²) in [4.78, 5) is 23.6. The Hall–Kier alpha value is -3.87. The third-order valence-corrected chi connectivity index (χ3v) is 7.36. The quantitative estimate of drug-likeness (QED) is 0.140. The van der Waals surface area contributed by atoms with Crippen LogP contribution in [0.5, 0.6) is 0 Å². The van der Waals surface area contributed by atoms with Gasteiger partial charge in [-0.05, 0) is 53.8 Å². The Morgan fingerprint density at radius 2 is 1.90 bits per heavy atom. The highest BCUT2D eigenvalue weighted by atomic mass is 35.5. The number of alkyl halides is 2. The molecule has 1 atom stereocenters. The number of hydrogen-bond acceptors (Lipinski definition) is 6. The number of amides is 1. The maximum Gasteiger partial charge on any atom is 0.297 e. The average molecular weight is 603 g/mol. The number of aromatic nitrogens is 3. The van der Waals surface area contributed by atoms with Crippen molar-refractivity contribution in [1.82, 2.24) is 19.7 Å². The number of rotatable bonds is 9. The molecule has 1 aromatic heterocycles. The van der Waals surface area contributed by atoms with Crippen molar-refractivity contribution in [2.75, 3.05) is 27.0 Å². The van der Waals surface area contributed by atoms with Crippen LogP contribution in [0.2, 0.25) is 5.02 Å². The Kier molecular flexibility index (Phi) is 9.69. The molecule has 8 nitrogen and oxygen atoms in total. The van der Waals surface area contributed by atoms with Gasteiger partial charge in [-0.15, -0.1) is 11.8 Å². The van der Waals surface area contributed by atoms with E-state index < -0.39 is 30.0 Å². The summed E-state index contributed by atoms with van der Waals surface area (Å²) in [5, 5.41) is 4.01. The summed E-state index contributed by atoms with van der Waals surface area (Å²) in [6.45, 7) is -0.0650. The smallest absolute Gasteiger partial charge is 0.297 e. The van der Waals surface area contributed by atoms with Crippen molar-refractivity contribution in [3.05, 3.63) is 94.8 Å². The molecule has 2 N–H and O–H groups in total. The molecule has 3 aromatic carbocycles. The van der Waals surface area contributed by atoms with Crippen molar-refractivity contribution >= 4 is 35.2 Å². The van der Waals surface area contributed by atoms with Gasteiger partial charge in [0.25, 0.3) is 12.3 Å². The van der Waals surface area contributed by atoms with Crippen LogP contribution in [0.3, 0.4) is 0 Å². The second kappa shape index (κ2) is 13.2. The van der Waals surface area contributed by atoms with Gasteiger partial charge in [-0.1, -0.05) is 35.9 Å². The van der Waals surface area contributed by atoms with Crippen LogP contribution in [-0.4, -0.2) is 58.6 Å². The molecule has 41 heavy (non-hydrogen) atoms. The van der Waals surface area contributed by atoms with E-state index in [1.165, 1.54) is 38.4 Å². The number of ether oxygens (including phenoxy) is 1. The van der Waals surface area contributed by atoms with Gasteiger partial charge in [0.15, 0.2) is 11.8 Å². The van der Waals surface area contributed by atoms with Gasteiger partial charge in [0, 0.05) is 30.2 Å². The molecule has 0 aliphatic heterocycles. The number of nitrogens with two attached hydrogens (primary N) is 1. The molecule has 0 saturated heterocycles. The second-order valence-corrected chi connectivity index (χ2v) is 9.98. The number of carbonyl (C=O) groups is 1. The van der Waals surface area contributed by atoms with Gasteiger partial charge in [0.05, 0.1) is 23.4 Å². The zero-order chi connectivity index (χ0) is 29.7. The van der Waals surface area contributed by atoms with E-state index in [9.17, 15) is 13.6 Å². The molecule has 4 aromatic rings. The van der Waals surface area contributed by atoms with Crippen LogP contribution in [-0.2, 0) is 4.74 Å². The van der Waals surface area contributed by atoms with Crippen LogP contribution in [0.4, 0.5) is 13.2 Å². The molecule has 13 heteroatoms. The lowest BCUT2D eigenvalue weighted by Crippen LogP contribution is -2.46. The summed E-state index contributed by atoms with van der Waals surface area (Å²) in [5.41, 5.74) is 7.73. The Morgan fingerprint density at radius 1 is 1.17 bits per heavy atom. The number of carbonyl (C=O) groups excluding carboxylic acids is 1. The fourth-order valence-electron chi connectivity index (χ4n) is 4.27. The zero-order valence-electron chi connectivity index (χ0n) is 22.3. The molecule has 1 unspecified atom stereocenters. The fourth-order valence-corrected chi connectivity index (χ4v) is 4.87. The van der Waals surface area contributed by atoms with E-state index in [2.05, 4.69) is 15.1 Å². The van der Waals surface area contributed by atoms with E-state index in [1.807, 2.05) is 18.4 Å². The second-order valence-electron chi connectivity index (χ2n) is 8.69. The Morgan fingerprint density at radius 3 is 2.51 bits per heavy atom. The lowest BCUT2D eigenvalue weighted by Gasteiger charge is -2.31. The number of aliphatic imine (C=N–C) groups is 1. The number of benzene rings is 3. The zero-order valence-corrected chi connectivity index (χ0v) is 23.8. The van der Waals surface area contributed by atoms with Gasteiger partial charge in [-0.25, -0.2) is 22.8 Å². The van der Waals surface area contributed by atoms with E-state index in [0.29, 0.717) is 16.7 Å². The van der Waals surface area contributed by atoms with Crippen LogP contribution in [0.25, 0.3) is 16.8 Å². The lowest BCUT2D eigenvalue weighted by molar-refractivity contribution is 0.0698. The van der Waals surface area contributed by atoms with Gasteiger partial charge in [0.1, 0.15) is 12.1 Å². The van der Waals surface area contributed by atoms with Crippen molar-refractivity contribution in [1.29, 1.82) is 0 Å². The van der Waals surface area contributed by atoms with Crippen LogP contribution < -0.4 is 5.73 Å². The van der Waals surface area contributed by atoms with E-state index >= 15 is 4.39 Å². The molecule has 214 valence electrons. The molecule has 4 rings (SSSR count). The fraction of sp³-hybridized carbons (Fsp3) is 0.214. The number of hydrogen-bond donors (Lipinski definition) is 1. The van der Waals surface area contributed by atoms with Crippen LogP contribution in [0.15, 0.2) is 76.9 Å².